The maximum atomic E-state index is 13.9. The highest BCUT2D eigenvalue weighted by atomic mass is 79.9. The molecular formula is C28H23BrFN3O3. The van der Waals surface area contributed by atoms with Gasteiger partial charge in [0.25, 0.3) is 5.56 Å². The van der Waals surface area contributed by atoms with Crippen LogP contribution in [0.3, 0.4) is 0 Å². The molecule has 2 aromatic heterocycles. The molecule has 0 radical (unpaired) electrons. The molecule has 5 rings (SSSR count). The van der Waals surface area contributed by atoms with Gasteiger partial charge in [-0.1, -0.05) is 28.1 Å². The fourth-order valence-electron chi connectivity index (χ4n) is 4.41. The van der Waals surface area contributed by atoms with Gasteiger partial charge in [0.2, 0.25) is 5.88 Å². The third kappa shape index (κ3) is 4.74. The van der Waals surface area contributed by atoms with Gasteiger partial charge in [0, 0.05) is 40.1 Å². The van der Waals surface area contributed by atoms with Gasteiger partial charge in [0.1, 0.15) is 5.82 Å². The molecule has 1 aliphatic rings. The van der Waals surface area contributed by atoms with Crippen molar-refractivity contribution >= 4 is 21.6 Å². The van der Waals surface area contributed by atoms with Gasteiger partial charge in [-0.05, 0) is 65.6 Å². The number of rotatable bonds is 7. The Balaban J connectivity index is 1.46. The van der Waals surface area contributed by atoms with Crippen molar-refractivity contribution in [1.29, 1.82) is 0 Å². The van der Waals surface area contributed by atoms with E-state index in [1.165, 1.54) is 22.8 Å². The second-order valence-electron chi connectivity index (χ2n) is 8.42. The van der Waals surface area contributed by atoms with Crippen LogP contribution in [0.2, 0.25) is 0 Å². The monoisotopic (exact) mass is 547 g/mol. The van der Waals surface area contributed by atoms with Gasteiger partial charge >= 0.3 is 0 Å². The molecular weight excluding hydrogens is 525 g/mol. The molecule has 0 amide bonds. The number of aliphatic imine (C=N–C) groups is 1. The van der Waals surface area contributed by atoms with E-state index >= 15 is 0 Å². The van der Waals surface area contributed by atoms with E-state index in [0.29, 0.717) is 29.1 Å². The van der Waals surface area contributed by atoms with Crippen LogP contribution in [0, 0.1) is 5.82 Å². The summed E-state index contributed by atoms with van der Waals surface area (Å²) in [5, 5.41) is 9.99. The number of hydrogen-bond donors (Lipinski definition) is 1. The summed E-state index contributed by atoms with van der Waals surface area (Å²) in [5.74, 6) is 0.127. The molecule has 36 heavy (non-hydrogen) atoms. The summed E-state index contributed by atoms with van der Waals surface area (Å²) in [5.41, 5.74) is 5.68. The van der Waals surface area contributed by atoms with E-state index in [-0.39, 0.29) is 12.2 Å². The van der Waals surface area contributed by atoms with Crippen LogP contribution in [-0.4, -0.2) is 33.6 Å². The van der Waals surface area contributed by atoms with E-state index in [9.17, 15) is 14.3 Å². The minimum absolute atomic E-state index is 0.294. The van der Waals surface area contributed by atoms with Crippen LogP contribution < -0.4 is 10.3 Å². The van der Waals surface area contributed by atoms with Gasteiger partial charge in [-0.3, -0.25) is 9.79 Å². The number of nitrogens with zero attached hydrogens (tertiary/aromatic N) is 3. The van der Waals surface area contributed by atoms with Crippen molar-refractivity contribution in [2.75, 3.05) is 13.2 Å². The minimum Gasteiger partial charge on any atom is -0.478 e. The fourth-order valence-corrected chi connectivity index (χ4v) is 4.90. The van der Waals surface area contributed by atoms with Crippen LogP contribution in [0.25, 0.3) is 11.1 Å². The lowest BCUT2D eigenvalue weighted by Crippen LogP contribution is -2.27. The molecule has 1 N–H and O–H groups in total. The zero-order chi connectivity index (χ0) is 25.2. The molecule has 1 atom stereocenters. The number of halogens is 2. The molecule has 0 saturated carbocycles. The Labute approximate surface area is 215 Å². The van der Waals surface area contributed by atoms with Crippen molar-refractivity contribution < 1.29 is 14.2 Å². The quantitative estimate of drug-likeness (QED) is 0.347. The van der Waals surface area contributed by atoms with Crippen molar-refractivity contribution in [2.45, 2.75) is 19.5 Å². The van der Waals surface area contributed by atoms with Crippen molar-refractivity contribution in [3.63, 3.8) is 0 Å². The highest BCUT2D eigenvalue weighted by molar-refractivity contribution is 9.10. The topological polar surface area (TPSA) is 76.7 Å². The van der Waals surface area contributed by atoms with Gasteiger partial charge in [-0.15, -0.1) is 0 Å². The Morgan fingerprint density at radius 3 is 2.58 bits per heavy atom. The van der Waals surface area contributed by atoms with Gasteiger partial charge in [-0.25, -0.2) is 9.37 Å². The van der Waals surface area contributed by atoms with Crippen LogP contribution in [-0.2, 0) is 6.54 Å². The Bertz CT molecular complexity index is 1500. The maximum absolute atomic E-state index is 13.9. The lowest BCUT2D eigenvalue weighted by Gasteiger charge is -2.19. The maximum Gasteiger partial charge on any atom is 0.251 e. The molecule has 0 saturated heterocycles. The highest BCUT2D eigenvalue weighted by Gasteiger charge is 2.20. The first-order valence-electron chi connectivity index (χ1n) is 11.5. The van der Waals surface area contributed by atoms with E-state index < -0.39 is 11.9 Å². The normalized spacial score (nSPS) is 13.3. The Hall–Kier alpha value is -3.62. The molecule has 3 heterocycles. The second kappa shape index (κ2) is 10.2. The van der Waals surface area contributed by atoms with Gasteiger partial charge in [-0.2, -0.15) is 0 Å². The highest BCUT2D eigenvalue weighted by Crippen LogP contribution is 2.29. The van der Waals surface area contributed by atoms with Gasteiger partial charge < -0.3 is 14.4 Å². The zero-order valence-corrected chi connectivity index (χ0v) is 21.1. The number of benzene rings is 2. The van der Waals surface area contributed by atoms with Crippen molar-refractivity contribution in [2.24, 2.45) is 4.99 Å². The van der Waals surface area contributed by atoms with Crippen LogP contribution in [0.15, 0.2) is 87.3 Å². The predicted molar refractivity (Wildman–Crippen MR) is 140 cm³/mol. The SMILES string of the molecule is CCOc1ccc(C2=NCc3ccc(-c4ccn([C@H](CO)c5cc(F)cc(Br)c5)c(=O)c4)cc32)cn1. The number of pyridine rings is 2. The number of aromatic nitrogens is 2. The number of ether oxygens (including phenoxy) is 1. The first-order chi connectivity index (χ1) is 17.5. The number of aliphatic hydroxyl groups is 1. The molecule has 182 valence electrons. The summed E-state index contributed by atoms with van der Waals surface area (Å²) in [6.07, 6.45) is 3.39. The third-order valence-electron chi connectivity index (χ3n) is 6.13. The van der Waals surface area contributed by atoms with E-state index in [1.807, 2.05) is 43.3 Å². The lowest BCUT2D eigenvalue weighted by atomic mass is 9.96. The minimum atomic E-state index is -0.704. The van der Waals surface area contributed by atoms with Crippen LogP contribution in [0.5, 0.6) is 5.88 Å². The molecule has 1 aliphatic heterocycles. The Morgan fingerprint density at radius 2 is 1.89 bits per heavy atom. The van der Waals surface area contributed by atoms with Crippen LogP contribution >= 0.6 is 15.9 Å². The second-order valence-corrected chi connectivity index (χ2v) is 9.33. The van der Waals surface area contributed by atoms with Gasteiger partial charge in [0.05, 0.1) is 31.5 Å². The van der Waals surface area contributed by atoms with Crippen molar-refractivity contribution in [3.05, 3.63) is 116 Å². The molecule has 0 bridgehead atoms. The molecule has 2 aromatic carbocycles. The third-order valence-corrected chi connectivity index (χ3v) is 6.59. The summed E-state index contributed by atoms with van der Waals surface area (Å²) >= 11 is 3.27. The molecule has 0 aliphatic carbocycles. The molecule has 6 nitrogen and oxygen atoms in total. The van der Waals surface area contributed by atoms with Gasteiger partial charge in [0.15, 0.2) is 0 Å². The average molecular weight is 548 g/mol. The van der Waals surface area contributed by atoms with Crippen molar-refractivity contribution in [3.8, 4) is 17.0 Å². The number of aliphatic hydroxyl groups excluding tert-OH is 1. The Kier molecular flexibility index (Phi) is 6.80. The van der Waals surface area contributed by atoms with E-state index in [1.54, 1.807) is 18.5 Å². The molecule has 8 heteroatoms. The molecule has 0 spiro atoms. The molecule has 4 aromatic rings. The van der Waals surface area contributed by atoms with Crippen LogP contribution in [0.4, 0.5) is 4.39 Å². The largest absolute Gasteiger partial charge is 0.478 e. The van der Waals surface area contributed by atoms with E-state index in [4.69, 9.17) is 9.73 Å². The lowest BCUT2D eigenvalue weighted by molar-refractivity contribution is 0.246. The molecule has 0 fully saturated rings. The summed E-state index contributed by atoms with van der Waals surface area (Å²) in [6.45, 7) is 2.71. The fraction of sp³-hybridized carbons (Fsp3) is 0.179. The standard InChI is InChI=1S/C28H23BrFN3O3/c1-2-36-26-6-5-20(15-31-26)28-24-11-17(3-4-19(24)14-32-28)18-7-8-33(27(35)12-18)25(16-34)21-9-22(29)13-23(30)10-21/h3-13,15,25,34H,2,14,16H2,1H3/t25-/m1/s1. The van der Waals surface area contributed by atoms with Crippen LogP contribution in [0.1, 0.15) is 35.2 Å². The van der Waals surface area contributed by atoms with E-state index in [0.717, 1.165) is 33.5 Å². The first-order valence-corrected chi connectivity index (χ1v) is 12.3. The van der Waals surface area contributed by atoms with Crippen molar-refractivity contribution in [1.82, 2.24) is 9.55 Å². The zero-order valence-electron chi connectivity index (χ0n) is 19.5. The van der Waals surface area contributed by atoms with E-state index in [2.05, 4.69) is 20.9 Å². The number of hydrogen-bond acceptors (Lipinski definition) is 5. The Morgan fingerprint density at radius 1 is 1.08 bits per heavy atom. The average Bonchev–Trinajstić information content (AvgIpc) is 3.29. The summed E-state index contributed by atoms with van der Waals surface area (Å²) in [4.78, 5) is 22.1. The summed E-state index contributed by atoms with van der Waals surface area (Å²) in [6, 6.07) is 16.8. The smallest absolute Gasteiger partial charge is 0.251 e. The summed E-state index contributed by atoms with van der Waals surface area (Å²) < 4.78 is 21.3. The number of fused-ring (bicyclic) bond motifs is 1. The predicted octanol–water partition coefficient (Wildman–Crippen LogP) is 5.14. The summed E-state index contributed by atoms with van der Waals surface area (Å²) in [7, 11) is 0. The molecule has 0 unspecified atom stereocenters. The first kappa shape index (κ1) is 24.1.